The van der Waals surface area contributed by atoms with Crippen molar-refractivity contribution in [2.45, 2.75) is 40.5 Å². The molecule has 0 amide bonds. The van der Waals surface area contributed by atoms with Crippen molar-refractivity contribution in [3.8, 4) is 0 Å². The van der Waals surface area contributed by atoms with Crippen molar-refractivity contribution in [2.75, 3.05) is 19.0 Å². The Balaban J connectivity index is 3.94. The molecule has 0 aliphatic carbocycles. The lowest BCUT2D eigenvalue weighted by Crippen LogP contribution is -2.07. The molecule has 0 bridgehead atoms. The Labute approximate surface area is 83.7 Å². The molecule has 0 rings (SSSR count). The van der Waals surface area contributed by atoms with E-state index in [1.807, 2.05) is 6.66 Å². The minimum atomic E-state index is -1.83. The lowest BCUT2D eigenvalue weighted by molar-refractivity contribution is 0.536. The van der Waals surface area contributed by atoms with Gasteiger partial charge in [0.25, 0.3) is 0 Å². The van der Waals surface area contributed by atoms with Crippen molar-refractivity contribution in [3.05, 3.63) is 0 Å². The summed E-state index contributed by atoms with van der Waals surface area (Å²) in [7, 11) is -1.83. The lowest BCUT2D eigenvalue weighted by atomic mass is 10.1. The van der Waals surface area contributed by atoms with Crippen LogP contribution in [-0.4, -0.2) is 19.0 Å². The average Bonchev–Trinajstić information content (AvgIpc) is 1.81. The molecule has 2 atom stereocenters. The Hall–Kier alpha value is 0.230. The van der Waals surface area contributed by atoms with Crippen molar-refractivity contribution in [1.82, 2.24) is 0 Å². The third-order valence-corrected chi connectivity index (χ3v) is 5.13. The normalized spacial score (nSPS) is 18.6. The van der Waals surface area contributed by atoms with Crippen LogP contribution in [0.2, 0.25) is 0 Å². The van der Waals surface area contributed by atoms with Crippen molar-refractivity contribution in [3.63, 3.8) is 0 Å². The van der Waals surface area contributed by atoms with Gasteiger partial charge in [0.15, 0.2) is 0 Å². The van der Waals surface area contributed by atoms with Crippen LogP contribution >= 0.6 is 7.14 Å². The van der Waals surface area contributed by atoms with E-state index in [9.17, 15) is 4.57 Å². The molecular formula is C11H25OP. The first-order valence-electron chi connectivity index (χ1n) is 5.43. The molecule has 0 heterocycles. The third-order valence-electron chi connectivity index (χ3n) is 2.23. The summed E-state index contributed by atoms with van der Waals surface area (Å²) in [6.45, 7) is 10.7. The van der Waals surface area contributed by atoms with Crippen LogP contribution in [0.3, 0.4) is 0 Å². The molecule has 0 aromatic heterocycles. The van der Waals surface area contributed by atoms with E-state index in [1.54, 1.807) is 0 Å². The smallest absolute Gasteiger partial charge is 0.0853 e. The minimum absolute atomic E-state index is 0.574. The molecule has 0 N–H and O–H groups in total. The summed E-state index contributed by atoms with van der Waals surface area (Å²) in [6, 6.07) is 0. The first-order chi connectivity index (χ1) is 5.87. The van der Waals surface area contributed by atoms with Crippen molar-refractivity contribution in [1.29, 1.82) is 0 Å². The maximum Gasteiger partial charge on any atom is 0.0853 e. The second-order valence-corrected chi connectivity index (χ2v) is 8.27. The van der Waals surface area contributed by atoms with E-state index in [0.717, 1.165) is 12.3 Å². The van der Waals surface area contributed by atoms with E-state index in [4.69, 9.17) is 0 Å². The van der Waals surface area contributed by atoms with E-state index < -0.39 is 7.14 Å². The molecule has 0 saturated carbocycles. The zero-order valence-corrected chi connectivity index (χ0v) is 10.7. The molecule has 0 saturated heterocycles. The maximum atomic E-state index is 12.1. The molecule has 2 heteroatoms. The van der Waals surface area contributed by atoms with Crippen LogP contribution in [0, 0.1) is 11.8 Å². The quantitative estimate of drug-likeness (QED) is 0.596. The Morgan fingerprint density at radius 1 is 1.15 bits per heavy atom. The minimum Gasteiger partial charge on any atom is -0.324 e. The first kappa shape index (κ1) is 13.2. The van der Waals surface area contributed by atoms with Crippen LogP contribution in [0.1, 0.15) is 40.5 Å². The Morgan fingerprint density at radius 2 is 1.69 bits per heavy atom. The molecule has 1 nitrogen and oxygen atoms in total. The Bertz CT molecular complexity index is 175. The van der Waals surface area contributed by atoms with Gasteiger partial charge in [0.2, 0.25) is 0 Å². The van der Waals surface area contributed by atoms with Gasteiger partial charge in [-0.1, -0.05) is 40.5 Å². The Morgan fingerprint density at radius 3 is 2.08 bits per heavy atom. The third kappa shape index (κ3) is 7.31. The highest BCUT2D eigenvalue weighted by Gasteiger charge is 2.19. The standard InChI is InChI=1S/C11H25OP/c1-6-7-11(4)9-13(5,12)8-10(2)3/h10-11H,6-9H2,1-5H3. The predicted molar refractivity (Wildman–Crippen MR) is 62.2 cm³/mol. The highest BCUT2D eigenvalue weighted by Crippen LogP contribution is 2.45. The molecular weight excluding hydrogens is 179 g/mol. The highest BCUT2D eigenvalue weighted by molar-refractivity contribution is 7.63. The fraction of sp³-hybridized carbons (Fsp3) is 1.00. The molecule has 2 unspecified atom stereocenters. The van der Waals surface area contributed by atoms with E-state index in [0.29, 0.717) is 11.8 Å². The van der Waals surface area contributed by atoms with Gasteiger partial charge in [-0.15, -0.1) is 0 Å². The van der Waals surface area contributed by atoms with E-state index in [-0.39, 0.29) is 0 Å². The average molecular weight is 204 g/mol. The second-order valence-electron chi connectivity index (χ2n) is 4.95. The molecule has 0 spiro atoms. The molecule has 0 aromatic carbocycles. The number of hydrogen-bond donors (Lipinski definition) is 0. The Kier molecular flexibility index (Phi) is 5.96. The molecule has 0 fully saturated rings. The van der Waals surface area contributed by atoms with Gasteiger partial charge in [0.1, 0.15) is 0 Å². The van der Waals surface area contributed by atoms with Crippen molar-refractivity contribution >= 4 is 7.14 Å². The van der Waals surface area contributed by atoms with Gasteiger partial charge in [-0.3, -0.25) is 0 Å². The molecule has 0 aromatic rings. The topological polar surface area (TPSA) is 17.1 Å². The maximum absolute atomic E-state index is 12.1. The van der Waals surface area contributed by atoms with E-state index in [2.05, 4.69) is 27.7 Å². The predicted octanol–water partition coefficient (Wildman–Crippen LogP) is 4.07. The van der Waals surface area contributed by atoms with Crippen LogP contribution in [0.4, 0.5) is 0 Å². The van der Waals surface area contributed by atoms with E-state index in [1.165, 1.54) is 12.8 Å². The number of hydrogen-bond acceptors (Lipinski definition) is 1. The molecule has 0 aliphatic rings. The monoisotopic (exact) mass is 204 g/mol. The number of rotatable bonds is 6. The van der Waals surface area contributed by atoms with Crippen LogP contribution in [-0.2, 0) is 4.57 Å². The lowest BCUT2D eigenvalue weighted by Gasteiger charge is -2.19. The fourth-order valence-corrected chi connectivity index (χ4v) is 5.29. The molecule has 80 valence electrons. The van der Waals surface area contributed by atoms with E-state index >= 15 is 0 Å². The van der Waals surface area contributed by atoms with Crippen LogP contribution < -0.4 is 0 Å². The fourth-order valence-electron chi connectivity index (χ4n) is 2.09. The van der Waals surface area contributed by atoms with Gasteiger partial charge in [-0.2, -0.15) is 0 Å². The summed E-state index contributed by atoms with van der Waals surface area (Å²) < 4.78 is 12.1. The highest BCUT2D eigenvalue weighted by atomic mass is 31.2. The summed E-state index contributed by atoms with van der Waals surface area (Å²) in [5, 5.41) is 0. The molecule has 0 aliphatic heterocycles. The van der Waals surface area contributed by atoms with Crippen molar-refractivity contribution in [2.24, 2.45) is 11.8 Å². The SMILES string of the molecule is CCCC(C)CP(C)(=O)CC(C)C. The molecule has 0 radical (unpaired) electrons. The zero-order valence-electron chi connectivity index (χ0n) is 9.84. The van der Waals surface area contributed by atoms with Crippen LogP contribution in [0.25, 0.3) is 0 Å². The summed E-state index contributed by atoms with van der Waals surface area (Å²) in [5.74, 6) is 1.21. The van der Waals surface area contributed by atoms with Gasteiger partial charge < -0.3 is 4.57 Å². The summed E-state index contributed by atoms with van der Waals surface area (Å²) >= 11 is 0. The van der Waals surface area contributed by atoms with Gasteiger partial charge in [-0.05, 0) is 18.5 Å². The van der Waals surface area contributed by atoms with Crippen LogP contribution in [0.5, 0.6) is 0 Å². The first-order valence-corrected chi connectivity index (χ1v) is 7.95. The van der Waals surface area contributed by atoms with Gasteiger partial charge in [-0.25, -0.2) is 0 Å². The molecule has 13 heavy (non-hydrogen) atoms. The summed E-state index contributed by atoms with van der Waals surface area (Å²) in [6.07, 6.45) is 4.29. The van der Waals surface area contributed by atoms with Gasteiger partial charge >= 0.3 is 0 Å². The van der Waals surface area contributed by atoms with Gasteiger partial charge in [0.05, 0.1) is 7.14 Å². The van der Waals surface area contributed by atoms with Crippen LogP contribution in [0.15, 0.2) is 0 Å². The second kappa shape index (κ2) is 5.86. The summed E-state index contributed by atoms with van der Waals surface area (Å²) in [4.78, 5) is 0. The largest absolute Gasteiger partial charge is 0.324 e. The van der Waals surface area contributed by atoms with Crippen molar-refractivity contribution < 1.29 is 4.57 Å². The van der Waals surface area contributed by atoms with Gasteiger partial charge in [0, 0.05) is 12.3 Å². The zero-order chi connectivity index (χ0) is 10.5. The summed E-state index contributed by atoms with van der Waals surface area (Å²) in [5.41, 5.74) is 0.